The monoisotopic (exact) mass is 272 g/mol. The number of aryl methyl sites for hydroxylation is 1. The van der Waals surface area contributed by atoms with Crippen molar-refractivity contribution in [2.45, 2.75) is 57.9 Å². The van der Waals surface area contributed by atoms with Gasteiger partial charge in [0, 0.05) is 18.2 Å². The molecular weight excluding hydrogens is 248 g/mol. The van der Waals surface area contributed by atoms with Crippen molar-refractivity contribution in [1.29, 1.82) is 0 Å². The molecule has 1 amide bonds. The Morgan fingerprint density at radius 3 is 2.70 bits per heavy atom. The molecule has 1 unspecified atom stereocenters. The first-order valence-corrected chi connectivity index (χ1v) is 7.77. The Morgan fingerprint density at radius 2 is 1.95 bits per heavy atom. The topological polar surface area (TPSA) is 55.1 Å². The molecule has 1 atom stereocenters. The zero-order valence-electron chi connectivity index (χ0n) is 12.2. The summed E-state index contributed by atoms with van der Waals surface area (Å²) >= 11 is 0. The molecule has 3 rings (SSSR count). The van der Waals surface area contributed by atoms with Crippen LogP contribution in [0.4, 0.5) is 5.69 Å². The molecular formula is C17H24N2O. The normalized spacial score (nSPS) is 22.8. The molecule has 3 nitrogen and oxygen atoms in total. The third-order valence-corrected chi connectivity index (χ3v) is 5.11. The van der Waals surface area contributed by atoms with E-state index < -0.39 is 0 Å². The number of hydrogen-bond acceptors (Lipinski definition) is 2. The van der Waals surface area contributed by atoms with Crippen LogP contribution in [0.3, 0.4) is 0 Å². The van der Waals surface area contributed by atoms with Crippen molar-refractivity contribution < 1.29 is 4.79 Å². The quantitative estimate of drug-likeness (QED) is 0.865. The molecule has 1 aliphatic heterocycles. The molecule has 1 fully saturated rings. The van der Waals surface area contributed by atoms with Gasteiger partial charge in [-0.15, -0.1) is 0 Å². The van der Waals surface area contributed by atoms with Crippen LogP contribution in [-0.4, -0.2) is 5.91 Å². The van der Waals surface area contributed by atoms with Crippen LogP contribution in [0.2, 0.25) is 0 Å². The highest BCUT2D eigenvalue weighted by molar-refractivity contribution is 5.92. The second-order valence-corrected chi connectivity index (χ2v) is 6.66. The molecule has 2 aliphatic rings. The molecule has 3 heteroatoms. The van der Waals surface area contributed by atoms with Gasteiger partial charge in [0.05, 0.1) is 0 Å². The number of benzene rings is 1. The average molecular weight is 272 g/mol. The minimum atomic E-state index is 0.106. The van der Waals surface area contributed by atoms with E-state index >= 15 is 0 Å². The third kappa shape index (κ3) is 2.47. The lowest BCUT2D eigenvalue weighted by atomic mass is 9.77. The smallest absolute Gasteiger partial charge is 0.224 e. The molecule has 0 spiro atoms. The fraction of sp³-hybridized carbons (Fsp3) is 0.588. The van der Waals surface area contributed by atoms with Crippen molar-refractivity contribution in [3.8, 4) is 0 Å². The van der Waals surface area contributed by atoms with Crippen molar-refractivity contribution in [3.63, 3.8) is 0 Å². The van der Waals surface area contributed by atoms with Crippen molar-refractivity contribution in [3.05, 3.63) is 29.3 Å². The second-order valence-electron chi connectivity index (χ2n) is 6.66. The van der Waals surface area contributed by atoms with E-state index in [1.807, 2.05) is 6.07 Å². The highest BCUT2D eigenvalue weighted by Gasteiger charge is 2.35. The van der Waals surface area contributed by atoms with Crippen molar-refractivity contribution in [2.75, 3.05) is 5.32 Å². The summed E-state index contributed by atoms with van der Waals surface area (Å²) < 4.78 is 0. The van der Waals surface area contributed by atoms with Gasteiger partial charge in [0.25, 0.3) is 0 Å². The number of carbonyl (C=O) groups is 1. The molecule has 3 N–H and O–H groups in total. The molecule has 1 aromatic rings. The minimum Gasteiger partial charge on any atom is -0.326 e. The zero-order chi connectivity index (χ0) is 14.2. The Kier molecular flexibility index (Phi) is 3.55. The van der Waals surface area contributed by atoms with Crippen molar-refractivity contribution in [1.82, 2.24) is 0 Å². The second kappa shape index (κ2) is 5.21. The number of amides is 1. The number of hydrogen-bond donors (Lipinski definition) is 2. The molecule has 1 saturated carbocycles. The van der Waals surface area contributed by atoms with E-state index in [1.54, 1.807) is 0 Å². The van der Waals surface area contributed by atoms with Crippen LogP contribution in [0.15, 0.2) is 18.2 Å². The summed E-state index contributed by atoms with van der Waals surface area (Å²) in [5.41, 5.74) is 10.2. The summed E-state index contributed by atoms with van der Waals surface area (Å²) in [6, 6.07) is 6.45. The molecule has 1 aliphatic carbocycles. The Balaban J connectivity index is 1.88. The fourth-order valence-corrected chi connectivity index (χ4v) is 3.68. The van der Waals surface area contributed by atoms with Crippen LogP contribution in [0, 0.1) is 5.41 Å². The largest absolute Gasteiger partial charge is 0.326 e. The number of nitrogens with two attached hydrogens (primary N) is 1. The molecule has 20 heavy (non-hydrogen) atoms. The summed E-state index contributed by atoms with van der Waals surface area (Å²) in [5.74, 6) is 0.128. The summed E-state index contributed by atoms with van der Waals surface area (Å²) in [5, 5.41) is 2.99. The van der Waals surface area contributed by atoms with Gasteiger partial charge in [-0.05, 0) is 48.3 Å². The van der Waals surface area contributed by atoms with Crippen LogP contribution >= 0.6 is 0 Å². The zero-order valence-corrected chi connectivity index (χ0v) is 12.2. The average Bonchev–Trinajstić information content (AvgIpc) is 2.79. The standard InChI is InChI=1S/C17H24N2O/c1-17(9-2-3-10-17)16(18)13-7-8-14-12(11-13)5-4-6-15(20)19-14/h7-8,11,16H,2-6,9-10,18H2,1H3,(H,19,20). The van der Waals surface area contributed by atoms with Gasteiger partial charge < -0.3 is 11.1 Å². The number of nitrogens with one attached hydrogen (secondary N) is 1. The molecule has 1 aromatic carbocycles. The maximum absolute atomic E-state index is 11.6. The van der Waals surface area contributed by atoms with E-state index in [1.165, 1.54) is 36.8 Å². The number of rotatable bonds is 2. The number of anilines is 1. The van der Waals surface area contributed by atoms with Gasteiger partial charge in [-0.25, -0.2) is 0 Å². The van der Waals surface area contributed by atoms with Gasteiger partial charge in [0.15, 0.2) is 0 Å². The van der Waals surface area contributed by atoms with Crippen LogP contribution in [0.5, 0.6) is 0 Å². The van der Waals surface area contributed by atoms with E-state index in [0.29, 0.717) is 6.42 Å². The highest BCUT2D eigenvalue weighted by Crippen LogP contribution is 2.46. The summed E-state index contributed by atoms with van der Waals surface area (Å²) in [7, 11) is 0. The van der Waals surface area contributed by atoms with Gasteiger partial charge in [-0.3, -0.25) is 4.79 Å². The van der Waals surface area contributed by atoms with Crippen molar-refractivity contribution in [2.24, 2.45) is 11.1 Å². The van der Waals surface area contributed by atoms with Crippen LogP contribution in [-0.2, 0) is 11.2 Å². The minimum absolute atomic E-state index is 0.106. The van der Waals surface area contributed by atoms with Gasteiger partial charge in [-0.2, -0.15) is 0 Å². The van der Waals surface area contributed by atoms with Crippen LogP contribution < -0.4 is 11.1 Å². The number of fused-ring (bicyclic) bond motifs is 1. The predicted molar refractivity (Wildman–Crippen MR) is 81.5 cm³/mol. The molecule has 1 heterocycles. The predicted octanol–water partition coefficient (Wildman–Crippen LogP) is 3.54. The van der Waals surface area contributed by atoms with E-state index in [2.05, 4.69) is 24.4 Å². The summed E-state index contributed by atoms with van der Waals surface area (Å²) in [4.78, 5) is 11.6. The van der Waals surface area contributed by atoms with Gasteiger partial charge >= 0.3 is 0 Å². The molecule has 0 saturated heterocycles. The van der Waals surface area contributed by atoms with E-state index in [4.69, 9.17) is 5.73 Å². The third-order valence-electron chi connectivity index (χ3n) is 5.11. The lowest BCUT2D eigenvalue weighted by Gasteiger charge is -2.32. The van der Waals surface area contributed by atoms with E-state index in [9.17, 15) is 4.79 Å². The Labute approximate surface area is 120 Å². The van der Waals surface area contributed by atoms with Crippen molar-refractivity contribution >= 4 is 11.6 Å². The first kappa shape index (κ1) is 13.6. The highest BCUT2D eigenvalue weighted by atomic mass is 16.1. The Morgan fingerprint density at radius 1 is 1.20 bits per heavy atom. The van der Waals surface area contributed by atoms with Gasteiger partial charge in [0.1, 0.15) is 0 Å². The molecule has 0 bridgehead atoms. The first-order chi connectivity index (χ1) is 9.58. The Bertz CT molecular complexity index is 518. The lowest BCUT2D eigenvalue weighted by Crippen LogP contribution is -2.29. The van der Waals surface area contributed by atoms with Crippen LogP contribution in [0.25, 0.3) is 0 Å². The summed E-state index contributed by atoms with van der Waals surface area (Å²) in [6.45, 7) is 2.32. The van der Waals surface area contributed by atoms with E-state index in [-0.39, 0.29) is 17.4 Å². The van der Waals surface area contributed by atoms with Gasteiger partial charge in [0.2, 0.25) is 5.91 Å². The molecule has 0 radical (unpaired) electrons. The summed E-state index contributed by atoms with van der Waals surface area (Å²) in [6.07, 6.45) is 7.55. The number of carbonyl (C=O) groups excluding carboxylic acids is 1. The van der Waals surface area contributed by atoms with Gasteiger partial charge in [-0.1, -0.05) is 31.9 Å². The van der Waals surface area contributed by atoms with E-state index in [0.717, 1.165) is 18.5 Å². The molecule has 108 valence electrons. The molecule has 0 aromatic heterocycles. The van der Waals surface area contributed by atoms with Crippen LogP contribution in [0.1, 0.15) is 62.6 Å². The maximum Gasteiger partial charge on any atom is 0.224 e. The fourth-order valence-electron chi connectivity index (χ4n) is 3.68. The maximum atomic E-state index is 11.6. The first-order valence-electron chi connectivity index (χ1n) is 7.77. The lowest BCUT2D eigenvalue weighted by molar-refractivity contribution is -0.116. The SMILES string of the molecule is CC1(C(N)c2ccc3c(c2)CCCC(=O)N3)CCCC1. The Hall–Kier alpha value is -1.35.